The predicted octanol–water partition coefficient (Wildman–Crippen LogP) is -0.318. The summed E-state index contributed by atoms with van der Waals surface area (Å²) in [5.41, 5.74) is 0.191. The van der Waals surface area contributed by atoms with Gasteiger partial charge in [-0.3, -0.25) is 0 Å². The summed E-state index contributed by atoms with van der Waals surface area (Å²) in [6.45, 7) is 6.34. The van der Waals surface area contributed by atoms with Crippen LogP contribution in [-0.2, 0) is 5.54 Å². The molecule has 0 radical (unpaired) electrons. The average Bonchev–Trinajstić information content (AvgIpc) is 2.98. The first-order valence-corrected chi connectivity index (χ1v) is 8.89. The molecule has 1 heterocycles. The van der Waals surface area contributed by atoms with Gasteiger partial charge in [0, 0.05) is 25.3 Å². The lowest BCUT2D eigenvalue weighted by molar-refractivity contribution is -2.00. The molecule has 0 amide bonds. The first kappa shape index (κ1) is 21.5. The molecular formula is C16H20ClF2NO5. The van der Waals surface area contributed by atoms with E-state index in [-0.39, 0.29) is 11.1 Å². The van der Waals surface area contributed by atoms with Crippen LogP contribution in [0.25, 0.3) is 11.3 Å². The Labute approximate surface area is 146 Å². The van der Waals surface area contributed by atoms with E-state index in [1.54, 1.807) is 10.8 Å². The van der Waals surface area contributed by atoms with Gasteiger partial charge in [-0.25, -0.2) is 31.9 Å². The first-order valence-electron chi connectivity index (χ1n) is 7.66. The number of nitrogens with zero attached hydrogens (tertiary/aromatic N) is 1. The van der Waals surface area contributed by atoms with E-state index in [2.05, 4.69) is 20.8 Å². The molecule has 1 aromatic heterocycles. The van der Waals surface area contributed by atoms with Gasteiger partial charge in [-0.1, -0.05) is 20.8 Å². The molecule has 0 aliphatic rings. The topological polar surface area (TPSA) is 109 Å². The highest BCUT2D eigenvalue weighted by atomic mass is 35.7. The molecule has 0 saturated heterocycles. The molecule has 0 atom stereocenters. The number of hydrogen-bond donors (Lipinski definition) is 0. The maximum absolute atomic E-state index is 13.8. The maximum atomic E-state index is 13.8. The van der Waals surface area contributed by atoms with Crippen LogP contribution in [0.4, 0.5) is 8.78 Å². The van der Waals surface area contributed by atoms with Crippen LogP contribution in [0.2, 0.25) is 0 Å². The molecule has 0 unspecified atom stereocenters. The van der Waals surface area contributed by atoms with Crippen molar-refractivity contribution >= 4 is 0 Å². The van der Waals surface area contributed by atoms with Gasteiger partial charge < -0.3 is 0 Å². The third-order valence-electron chi connectivity index (χ3n) is 4.20. The molecule has 0 spiro atoms. The summed E-state index contributed by atoms with van der Waals surface area (Å²) in [7, 11) is -4.94. The van der Waals surface area contributed by atoms with Gasteiger partial charge in [0.05, 0.1) is 11.6 Å². The van der Waals surface area contributed by atoms with E-state index in [9.17, 15) is 8.78 Å². The number of hydrogen-bond acceptors (Lipinski definition) is 5. The molecule has 140 valence electrons. The highest BCUT2D eigenvalue weighted by Gasteiger charge is 2.38. The summed E-state index contributed by atoms with van der Waals surface area (Å²) >= 11 is 0. The van der Waals surface area contributed by atoms with E-state index in [1.165, 1.54) is 12.1 Å². The first-order chi connectivity index (χ1) is 11.6. The molecule has 2 aromatic rings. The zero-order valence-corrected chi connectivity index (χ0v) is 14.9. The highest BCUT2D eigenvalue weighted by Crippen LogP contribution is 2.27. The SMILES string of the molecule is CCC(CC)(CC)[n+]1ccc(-c2ccc(F)cc2F)o1.[O-][Cl+3]([O-])([O-])[O-]. The van der Waals surface area contributed by atoms with Gasteiger partial charge in [-0.2, -0.15) is 0 Å². The van der Waals surface area contributed by atoms with Gasteiger partial charge >= 0.3 is 0 Å². The van der Waals surface area contributed by atoms with Gasteiger partial charge in [-0.05, 0) is 16.9 Å². The van der Waals surface area contributed by atoms with Crippen molar-refractivity contribution in [1.29, 1.82) is 0 Å². The monoisotopic (exact) mass is 379 g/mol. The van der Waals surface area contributed by atoms with E-state index in [0.29, 0.717) is 5.76 Å². The number of benzene rings is 1. The quantitative estimate of drug-likeness (QED) is 0.661. The molecule has 2 rings (SSSR count). The Morgan fingerprint density at radius 3 is 1.96 bits per heavy atom. The van der Waals surface area contributed by atoms with Crippen LogP contribution in [-0.4, -0.2) is 0 Å². The van der Waals surface area contributed by atoms with Crippen molar-refractivity contribution in [3.8, 4) is 11.3 Å². The van der Waals surface area contributed by atoms with Crippen molar-refractivity contribution in [2.45, 2.75) is 45.6 Å². The van der Waals surface area contributed by atoms with Crippen LogP contribution in [0.3, 0.4) is 0 Å². The van der Waals surface area contributed by atoms with E-state index >= 15 is 0 Å². The van der Waals surface area contributed by atoms with E-state index in [0.717, 1.165) is 25.3 Å². The van der Waals surface area contributed by atoms with Gasteiger partial charge in [0.25, 0.3) is 0 Å². The Bertz CT molecular complexity index is 669. The van der Waals surface area contributed by atoms with Crippen molar-refractivity contribution in [3.05, 3.63) is 42.1 Å². The highest BCUT2D eigenvalue weighted by molar-refractivity contribution is 5.56. The van der Waals surface area contributed by atoms with Crippen LogP contribution < -0.4 is 23.4 Å². The second kappa shape index (κ2) is 8.68. The Morgan fingerprint density at radius 2 is 1.52 bits per heavy atom. The Kier molecular flexibility index (Phi) is 7.45. The molecule has 9 heteroatoms. The van der Waals surface area contributed by atoms with Crippen molar-refractivity contribution in [3.63, 3.8) is 0 Å². The molecule has 0 bridgehead atoms. The standard InChI is InChI=1S/C16H20F2NO.ClHO4/c1-4-16(5-2,6-3)19-10-9-15(20-19)13-8-7-12(17)11-14(13)18;2-1(3,4)5/h7-11H,4-6H2,1-3H3;(H,2,3,4,5)/q+1;/p-1. The van der Waals surface area contributed by atoms with Crippen LogP contribution in [0.15, 0.2) is 35.0 Å². The molecule has 1 aromatic carbocycles. The lowest BCUT2D eigenvalue weighted by Crippen LogP contribution is -2.68. The molecule has 0 N–H and O–H groups in total. The lowest BCUT2D eigenvalue weighted by atomic mass is 9.90. The predicted molar refractivity (Wildman–Crippen MR) is 73.1 cm³/mol. The van der Waals surface area contributed by atoms with Gasteiger partial charge in [0.15, 0.2) is 0 Å². The molecule has 6 nitrogen and oxygen atoms in total. The third-order valence-corrected chi connectivity index (χ3v) is 4.20. The average molecular weight is 380 g/mol. The summed E-state index contributed by atoms with van der Waals surface area (Å²) in [4.78, 5) is 0. The Morgan fingerprint density at radius 1 is 1.00 bits per heavy atom. The molecule has 0 aliphatic heterocycles. The van der Waals surface area contributed by atoms with Gasteiger partial charge in [-0.15, -0.1) is 10.2 Å². The Balaban J connectivity index is 0.000000550. The largest absolute Gasteiger partial charge is 0.236 e. The summed E-state index contributed by atoms with van der Waals surface area (Å²) in [6.07, 6.45) is 4.63. The summed E-state index contributed by atoms with van der Waals surface area (Å²) in [6, 6.07) is 5.23. The molecule has 25 heavy (non-hydrogen) atoms. The smallest absolute Gasteiger partial charge is 0.221 e. The normalized spacial score (nSPS) is 11.9. The molecule has 0 fully saturated rings. The zero-order valence-electron chi connectivity index (χ0n) is 14.1. The zero-order chi connectivity index (χ0) is 19.3. The summed E-state index contributed by atoms with van der Waals surface area (Å²) < 4.78 is 68.3. The van der Waals surface area contributed by atoms with Crippen molar-refractivity contribution < 1.29 is 46.9 Å². The van der Waals surface area contributed by atoms with E-state index in [4.69, 9.17) is 23.2 Å². The molecule has 0 saturated carbocycles. The summed E-state index contributed by atoms with van der Waals surface area (Å²) in [5.74, 6) is -0.778. The minimum absolute atomic E-state index is 0.0885. The van der Waals surface area contributed by atoms with Crippen LogP contribution in [0.5, 0.6) is 0 Å². The third kappa shape index (κ3) is 6.02. The lowest BCUT2D eigenvalue weighted by Gasteiger charge is -2.19. The van der Waals surface area contributed by atoms with E-state index in [1.807, 2.05) is 6.20 Å². The number of rotatable bonds is 5. The second-order valence-electron chi connectivity index (χ2n) is 5.38. The van der Waals surface area contributed by atoms with Crippen LogP contribution in [0.1, 0.15) is 40.0 Å². The fourth-order valence-corrected chi connectivity index (χ4v) is 2.60. The number of aromatic nitrogens is 1. The maximum Gasteiger partial charge on any atom is 0.221 e. The fourth-order valence-electron chi connectivity index (χ4n) is 2.60. The van der Waals surface area contributed by atoms with Crippen LogP contribution >= 0.6 is 0 Å². The Hall–Kier alpha value is -1.58. The van der Waals surface area contributed by atoms with Crippen molar-refractivity contribution in [2.24, 2.45) is 0 Å². The van der Waals surface area contributed by atoms with Gasteiger partial charge in [0.1, 0.15) is 11.6 Å². The minimum Gasteiger partial charge on any atom is -0.236 e. The molecular weight excluding hydrogens is 360 g/mol. The minimum atomic E-state index is -4.94. The van der Waals surface area contributed by atoms with E-state index < -0.39 is 21.9 Å². The number of halogens is 3. The fraction of sp³-hybridized carbons (Fsp3) is 0.438. The summed E-state index contributed by atoms with van der Waals surface area (Å²) in [5, 5.41) is 0. The van der Waals surface area contributed by atoms with Gasteiger partial charge in [0.2, 0.25) is 17.5 Å². The second-order valence-corrected chi connectivity index (χ2v) is 6.14. The van der Waals surface area contributed by atoms with Crippen LogP contribution in [0, 0.1) is 21.9 Å². The van der Waals surface area contributed by atoms with Crippen molar-refractivity contribution in [2.75, 3.05) is 0 Å². The van der Waals surface area contributed by atoms with Crippen molar-refractivity contribution in [1.82, 2.24) is 0 Å². The molecule has 0 aliphatic carbocycles.